The standard InChI is InChI=1S/C10H12BrNO4S/c1-12(17(3,14)15)9-6-7(11)4-5-8(9)10(13)16-2/h4-6H,1-3H3. The minimum absolute atomic E-state index is 0.198. The number of hydrogen-bond acceptors (Lipinski definition) is 4. The zero-order valence-corrected chi connectivity index (χ0v) is 12.0. The van der Waals surface area contributed by atoms with Gasteiger partial charge in [-0.25, -0.2) is 13.2 Å². The molecule has 94 valence electrons. The first kappa shape index (κ1) is 14.0. The van der Waals surface area contributed by atoms with E-state index in [1.54, 1.807) is 12.1 Å². The maximum Gasteiger partial charge on any atom is 0.340 e. The van der Waals surface area contributed by atoms with Gasteiger partial charge in [0.15, 0.2) is 0 Å². The lowest BCUT2D eigenvalue weighted by Crippen LogP contribution is -2.26. The average molecular weight is 322 g/mol. The lowest BCUT2D eigenvalue weighted by atomic mass is 10.2. The molecule has 0 unspecified atom stereocenters. The third-order valence-electron chi connectivity index (χ3n) is 2.20. The van der Waals surface area contributed by atoms with Crippen LogP contribution in [0.4, 0.5) is 5.69 Å². The van der Waals surface area contributed by atoms with Gasteiger partial charge in [0.05, 0.1) is 24.6 Å². The summed E-state index contributed by atoms with van der Waals surface area (Å²) >= 11 is 3.23. The highest BCUT2D eigenvalue weighted by Crippen LogP contribution is 2.26. The minimum atomic E-state index is -3.43. The molecule has 0 saturated heterocycles. The summed E-state index contributed by atoms with van der Waals surface area (Å²) in [4.78, 5) is 11.5. The number of ether oxygens (including phenoxy) is 1. The number of anilines is 1. The largest absolute Gasteiger partial charge is 0.465 e. The molecule has 0 aliphatic rings. The van der Waals surface area contributed by atoms with E-state index in [9.17, 15) is 13.2 Å². The summed E-state index contributed by atoms with van der Waals surface area (Å²) in [5.74, 6) is -0.581. The van der Waals surface area contributed by atoms with Crippen molar-refractivity contribution in [3.8, 4) is 0 Å². The summed E-state index contributed by atoms with van der Waals surface area (Å²) in [6, 6.07) is 4.70. The molecule has 0 radical (unpaired) electrons. The van der Waals surface area contributed by atoms with E-state index in [0.717, 1.165) is 10.6 Å². The van der Waals surface area contributed by atoms with E-state index in [-0.39, 0.29) is 11.3 Å². The number of sulfonamides is 1. The van der Waals surface area contributed by atoms with Gasteiger partial charge in [-0.1, -0.05) is 15.9 Å². The Labute approximate surface area is 109 Å². The smallest absolute Gasteiger partial charge is 0.340 e. The van der Waals surface area contributed by atoms with Crippen LogP contribution in [-0.2, 0) is 14.8 Å². The van der Waals surface area contributed by atoms with Crippen LogP contribution >= 0.6 is 15.9 Å². The molecule has 0 atom stereocenters. The van der Waals surface area contributed by atoms with Crippen LogP contribution < -0.4 is 4.31 Å². The van der Waals surface area contributed by atoms with Gasteiger partial charge in [0, 0.05) is 11.5 Å². The molecule has 17 heavy (non-hydrogen) atoms. The quantitative estimate of drug-likeness (QED) is 0.794. The summed E-state index contributed by atoms with van der Waals surface area (Å²) in [5, 5.41) is 0. The lowest BCUT2D eigenvalue weighted by molar-refractivity contribution is 0.0601. The Morgan fingerprint density at radius 2 is 2.00 bits per heavy atom. The van der Waals surface area contributed by atoms with E-state index >= 15 is 0 Å². The Hall–Kier alpha value is -1.08. The molecule has 7 heteroatoms. The third kappa shape index (κ3) is 3.19. The van der Waals surface area contributed by atoms with E-state index in [4.69, 9.17) is 0 Å². The number of carbonyl (C=O) groups is 1. The molecule has 1 rings (SSSR count). The molecule has 0 N–H and O–H groups in total. The molecule has 0 aliphatic heterocycles. The van der Waals surface area contributed by atoms with Gasteiger partial charge in [-0.2, -0.15) is 0 Å². The van der Waals surface area contributed by atoms with Crippen LogP contribution in [0.5, 0.6) is 0 Å². The van der Waals surface area contributed by atoms with Crippen molar-refractivity contribution in [3.05, 3.63) is 28.2 Å². The average Bonchev–Trinajstić information content (AvgIpc) is 2.25. The molecular weight excluding hydrogens is 310 g/mol. The van der Waals surface area contributed by atoms with E-state index in [0.29, 0.717) is 4.47 Å². The van der Waals surface area contributed by atoms with Crippen LogP contribution in [-0.4, -0.2) is 34.8 Å². The van der Waals surface area contributed by atoms with Gasteiger partial charge in [-0.3, -0.25) is 4.31 Å². The molecule has 1 aromatic rings. The second kappa shape index (κ2) is 5.05. The van der Waals surface area contributed by atoms with Gasteiger partial charge in [0.1, 0.15) is 0 Å². The van der Waals surface area contributed by atoms with Crippen molar-refractivity contribution in [3.63, 3.8) is 0 Å². The van der Waals surface area contributed by atoms with Crippen LogP contribution in [0.25, 0.3) is 0 Å². The van der Waals surface area contributed by atoms with E-state index in [2.05, 4.69) is 20.7 Å². The van der Waals surface area contributed by atoms with Crippen molar-refractivity contribution in [2.75, 3.05) is 24.7 Å². The van der Waals surface area contributed by atoms with Crippen molar-refractivity contribution in [1.29, 1.82) is 0 Å². The Morgan fingerprint density at radius 1 is 1.41 bits per heavy atom. The molecule has 5 nitrogen and oxygen atoms in total. The Morgan fingerprint density at radius 3 is 2.47 bits per heavy atom. The number of halogens is 1. The zero-order valence-electron chi connectivity index (χ0n) is 9.60. The number of nitrogens with zero attached hydrogens (tertiary/aromatic N) is 1. The summed E-state index contributed by atoms with van der Waals surface area (Å²) < 4.78 is 29.2. The third-order valence-corrected chi connectivity index (χ3v) is 3.89. The normalized spacial score (nSPS) is 11.1. The van der Waals surface area contributed by atoms with Crippen LogP contribution in [0.2, 0.25) is 0 Å². The molecule has 0 amide bonds. The fourth-order valence-corrected chi connectivity index (χ4v) is 2.08. The molecule has 0 heterocycles. The highest BCUT2D eigenvalue weighted by atomic mass is 79.9. The Balaban J connectivity index is 3.40. The summed E-state index contributed by atoms with van der Waals surface area (Å²) in [7, 11) is -0.809. The van der Waals surface area contributed by atoms with Gasteiger partial charge >= 0.3 is 5.97 Å². The number of benzene rings is 1. The maximum atomic E-state index is 11.5. The highest BCUT2D eigenvalue weighted by Gasteiger charge is 2.20. The zero-order chi connectivity index (χ0) is 13.2. The monoisotopic (exact) mass is 321 g/mol. The SMILES string of the molecule is COC(=O)c1ccc(Br)cc1N(C)S(C)(=O)=O. The van der Waals surface area contributed by atoms with Crippen LogP contribution in [0.3, 0.4) is 0 Å². The minimum Gasteiger partial charge on any atom is -0.465 e. The molecule has 0 bridgehead atoms. The van der Waals surface area contributed by atoms with Gasteiger partial charge in [0.25, 0.3) is 0 Å². The van der Waals surface area contributed by atoms with Crippen molar-refractivity contribution in [2.24, 2.45) is 0 Å². The topological polar surface area (TPSA) is 63.7 Å². The van der Waals surface area contributed by atoms with Gasteiger partial charge < -0.3 is 4.74 Å². The van der Waals surface area contributed by atoms with Gasteiger partial charge in [-0.15, -0.1) is 0 Å². The predicted molar refractivity (Wildman–Crippen MR) is 68.7 cm³/mol. The fraction of sp³-hybridized carbons (Fsp3) is 0.300. The van der Waals surface area contributed by atoms with Crippen LogP contribution in [0.1, 0.15) is 10.4 Å². The number of rotatable bonds is 3. The van der Waals surface area contributed by atoms with Gasteiger partial charge in [-0.05, 0) is 18.2 Å². The van der Waals surface area contributed by atoms with E-state index < -0.39 is 16.0 Å². The first-order valence-electron chi connectivity index (χ1n) is 4.59. The Bertz CT molecular complexity index is 541. The molecule has 0 fully saturated rings. The van der Waals surface area contributed by atoms with Crippen molar-refractivity contribution in [1.82, 2.24) is 0 Å². The van der Waals surface area contributed by atoms with Crippen molar-refractivity contribution in [2.45, 2.75) is 0 Å². The highest BCUT2D eigenvalue weighted by molar-refractivity contribution is 9.10. The Kier molecular flexibility index (Phi) is 4.16. The molecular formula is C10H12BrNO4S. The summed E-state index contributed by atoms with van der Waals surface area (Å²) in [6.45, 7) is 0. The lowest BCUT2D eigenvalue weighted by Gasteiger charge is -2.19. The second-order valence-corrected chi connectivity index (χ2v) is 6.31. The molecule has 1 aromatic carbocycles. The molecule has 0 spiro atoms. The van der Waals surface area contributed by atoms with E-state index in [1.165, 1.54) is 20.2 Å². The number of methoxy groups -OCH3 is 1. The first-order chi connectivity index (χ1) is 7.77. The maximum absolute atomic E-state index is 11.5. The number of esters is 1. The molecule has 0 aliphatic carbocycles. The fourth-order valence-electron chi connectivity index (χ4n) is 1.23. The predicted octanol–water partition coefficient (Wildman–Crippen LogP) is 1.63. The van der Waals surface area contributed by atoms with Crippen molar-refractivity contribution >= 4 is 37.6 Å². The summed E-state index contributed by atoms with van der Waals surface area (Å²) in [5.41, 5.74) is 0.470. The summed E-state index contributed by atoms with van der Waals surface area (Å²) in [6.07, 6.45) is 1.06. The van der Waals surface area contributed by atoms with Crippen molar-refractivity contribution < 1.29 is 17.9 Å². The molecule has 0 aromatic heterocycles. The molecule has 0 saturated carbocycles. The number of carbonyl (C=O) groups excluding carboxylic acids is 1. The van der Waals surface area contributed by atoms with Crippen LogP contribution in [0.15, 0.2) is 22.7 Å². The second-order valence-electron chi connectivity index (χ2n) is 3.38. The van der Waals surface area contributed by atoms with E-state index in [1.807, 2.05) is 0 Å². The van der Waals surface area contributed by atoms with Crippen LogP contribution in [0, 0.1) is 0 Å². The first-order valence-corrected chi connectivity index (χ1v) is 7.23. The number of hydrogen-bond donors (Lipinski definition) is 0. The van der Waals surface area contributed by atoms with Gasteiger partial charge in [0.2, 0.25) is 10.0 Å².